The van der Waals surface area contributed by atoms with Crippen molar-refractivity contribution < 1.29 is 13.2 Å². The average molecular weight is 287 g/mol. The molecule has 1 aromatic carbocycles. The number of aliphatic imine (C=N–C) groups is 1. The molecule has 0 saturated carbocycles. The van der Waals surface area contributed by atoms with Gasteiger partial charge in [0.2, 0.25) is 0 Å². The molecule has 0 amide bonds. The second-order valence-corrected chi connectivity index (χ2v) is 5.30. The molecule has 0 aromatic heterocycles. The first-order chi connectivity index (χ1) is 9.10. The molecule has 102 valence electrons. The predicted molar refractivity (Wildman–Crippen MR) is 68.3 cm³/mol. The normalized spacial score (nSPS) is 30.1. The lowest BCUT2D eigenvalue weighted by atomic mass is 10.0. The van der Waals surface area contributed by atoms with Crippen LogP contribution >= 0.6 is 11.8 Å². The lowest BCUT2D eigenvalue weighted by Gasteiger charge is -2.23. The highest BCUT2D eigenvalue weighted by atomic mass is 32.2. The Hall–Kier alpha value is -1.21. The molecule has 0 spiro atoms. The number of benzene rings is 1. The zero-order valence-corrected chi connectivity index (χ0v) is 10.9. The van der Waals surface area contributed by atoms with Gasteiger partial charge in [-0.25, -0.2) is 18.2 Å². The largest absolute Gasteiger partial charge is 0.295 e. The third-order valence-electron chi connectivity index (χ3n) is 3.38. The third kappa shape index (κ3) is 2.10. The van der Waals surface area contributed by atoms with Gasteiger partial charge >= 0.3 is 0 Å². The molecule has 0 aliphatic carbocycles. The van der Waals surface area contributed by atoms with Gasteiger partial charge in [-0.05, 0) is 24.5 Å². The standard InChI is InChI=1S/C12H12F3N3S/c1-19-12-16-11-9(15)5-10(18(11)17-12)7-4-6(13)2-3-8(7)14/h2-4,9-11H,5H2,1H3,(H,16,17)/t9-,10-,11?/m0/s1. The Morgan fingerprint density at radius 1 is 1.42 bits per heavy atom. The summed E-state index contributed by atoms with van der Waals surface area (Å²) < 4.78 is 41.0. The van der Waals surface area contributed by atoms with Crippen LogP contribution in [-0.4, -0.2) is 28.8 Å². The Kier molecular flexibility index (Phi) is 3.18. The fraction of sp³-hybridized carbons (Fsp3) is 0.417. The van der Waals surface area contributed by atoms with E-state index in [0.717, 1.165) is 18.2 Å². The lowest BCUT2D eigenvalue weighted by molar-refractivity contribution is 0.158. The van der Waals surface area contributed by atoms with Gasteiger partial charge < -0.3 is 0 Å². The molecule has 7 heteroatoms. The van der Waals surface area contributed by atoms with Crippen LogP contribution in [0.15, 0.2) is 23.2 Å². The van der Waals surface area contributed by atoms with Gasteiger partial charge in [0.05, 0.1) is 6.04 Å². The minimum absolute atomic E-state index is 0.100. The van der Waals surface area contributed by atoms with Crippen LogP contribution in [0, 0.1) is 11.6 Å². The van der Waals surface area contributed by atoms with Crippen LogP contribution in [0.4, 0.5) is 13.2 Å². The summed E-state index contributed by atoms with van der Waals surface area (Å²) in [4.78, 5) is 4.18. The van der Waals surface area contributed by atoms with Crippen molar-refractivity contribution in [2.24, 2.45) is 4.99 Å². The second kappa shape index (κ2) is 4.72. The maximum Gasteiger partial charge on any atom is 0.172 e. The van der Waals surface area contributed by atoms with E-state index in [2.05, 4.69) is 10.4 Å². The number of thioether (sulfide) groups is 1. The molecule has 1 fully saturated rings. The van der Waals surface area contributed by atoms with Gasteiger partial charge in [-0.15, -0.1) is 0 Å². The summed E-state index contributed by atoms with van der Waals surface area (Å²) in [6.07, 6.45) is 0.0716. The maximum atomic E-state index is 13.9. The van der Waals surface area contributed by atoms with E-state index in [9.17, 15) is 13.2 Å². The molecular formula is C12H12F3N3S. The van der Waals surface area contributed by atoms with E-state index in [-0.39, 0.29) is 12.0 Å². The average Bonchev–Trinajstić information content (AvgIpc) is 2.93. The number of hydrogen-bond donors (Lipinski definition) is 1. The Morgan fingerprint density at radius 2 is 2.21 bits per heavy atom. The Morgan fingerprint density at radius 3 is 2.95 bits per heavy atom. The van der Waals surface area contributed by atoms with Crippen molar-refractivity contribution in [3.8, 4) is 0 Å². The number of fused-ring (bicyclic) bond motifs is 1. The summed E-state index contributed by atoms with van der Waals surface area (Å²) in [5.74, 6) is -1.06. The molecule has 0 bridgehead atoms. The molecule has 1 unspecified atom stereocenters. The fourth-order valence-corrected chi connectivity index (χ4v) is 2.91. The van der Waals surface area contributed by atoms with E-state index in [1.54, 1.807) is 5.01 Å². The maximum absolute atomic E-state index is 13.9. The molecule has 1 saturated heterocycles. The number of halogens is 3. The molecule has 1 aromatic rings. The van der Waals surface area contributed by atoms with Crippen LogP contribution < -0.4 is 5.43 Å². The molecule has 2 aliphatic heterocycles. The number of hydrazine groups is 1. The quantitative estimate of drug-likeness (QED) is 0.860. The smallest absolute Gasteiger partial charge is 0.172 e. The minimum atomic E-state index is -1.19. The van der Waals surface area contributed by atoms with Gasteiger partial charge in [-0.3, -0.25) is 5.43 Å². The van der Waals surface area contributed by atoms with Gasteiger partial charge in [-0.2, -0.15) is 5.01 Å². The Balaban J connectivity index is 1.93. The van der Waals surface area contributed by atoms with Crippen molar-refractivity contribution in [3.05, 3.63) is 35.4 Å². The Bertz CT molecular complexity index is 537. The minimum Gasteiger partial charge on any atom is -0.295 e. The first-order valence-electron chi connectivity index (χ1n) is 5.86. The predicted octanol–water partition coefficient (Wildman–Crippen LogP) is 2.61. The summed E-state index contributed by atoms with van der Waals surface area (Å²) in [5.41, 5.74) is 3.11. The van der Waals surface area contributed by atoms with Crippen LogP contribution in [0.2, 0.25) is 0 Å². The SMILES string of the molecule is CSC1=NC2[C@@H](F)C[C@@H](c3cc(F)ccc3F)N2N1. The third-order valence-corrected chi connectivity index (χ3v) is 3.96. The van der Waals surface area contributed by atoms with Gasteiger partial charge in [-0.1, -0.05) is 11.8 Å². The first-order valence-corrected chi connectivity index (χ1v) is 7.08. The van der Waals surface area contributed by atoms with Crippen LogP contribution in [0.1, 0.15) is 18.0 Å². The lowest BCUT2D eigenvalue weighted by Crippen LogP contribution is -2.39. The van der Waals surface area contributed by atoms with E-state index >= 15 is 0 Å². The van der Waals surface area contributed by atoms with Gasteiger partial charge in [0.1, 0.15) is 17.8 Å². The Labute approximate surface area is 112 Å². The van der Waals surface area contributed by atoms with E-state index in [1.807, 2.05) is 6.26 Å². The molecule has 3 nitrogen and oxygen atoms in total. The van der Waals surface area contributed by atoms with Crippen molar-refractivity contribution in [3.63, 3.8) is 0 Å². The molecule has 3 atom stereocenters. The highest BCUT2D eigenvalue weighted by Gasteiger charge is 2.46. The summed E-state index contributed by atoms with van der Waals surface area (Å²) in [5, 5.41) is 2.16. The van der Waals surface area contributed by atoms with Gasteiger partial charge in [0, 0.05) is 12.0 Å². The number of hydrogen-bond acceptors (Lipinski definition) is 4. The van der Waals surface area contributed by atoms with Crippen molar-refractivity contribution in [2.45, 2.75) is 24.8 Å². The zero-order valence-electron chi connectivity index (χ0n) is 10.1. The molecule has 1 N–H and O–H groups in total. The summed E-state index contributed by atoms with van der Waals surface area (Å²) in [6, 6.07) is 2.69. The van der Waals surface area contributed by atoms with Crippen LogP contribution in [0.3, 0.4) is 0 Å². The summed E-state index contributed by atoms with van der Waals surface area (Å²) >= 11 is 1.36. The number of rotatable bonds is 1. The van der Waals surface area contributed by atoms with E-state index in [4.69, 9.17) is 0 Å². The van der Waals surface area contributed by atoms with E-state index in [0.29, 0.717) is 5.17 Å². The molecular weight excluding hydrogens is 275 g/mol. The second-order valence-electron chi connectivity index (χ2n) is 4.50. The van der Waals surface area contributed by atoms with Crippen molar-refractivity contribution in [2.75, 3.05) is 6.26 Å². The summed E-state index contributed by atoms with van der Waals surface area (Å²) in [7, 11) is 0. The van der Waals surface area contributed by atoms with Crippen LogP contribution in [0.25, 0.3) is 0 Å². The zero-order chi connectivity index (χ0) is 13.6. The highest BCUT2D eigenvalue weighted by Crippen LogP contribution is 2.40. The van der Waals surface area contributed by atoms with Crippen LogP contribution in [-0.2, 0) is 0 Å². The van der Waals surface area contributed by atoms with Crippen molar-refractivity contribution in [1.29, 1.82) is 0 Å². The number of amidine groups is 1. The van der Waals surface area contributed by atoms with Crippen molar-refractivity contribution >= 4 is 16.9 Å². The summed E-state index contributed by atoms with van der Waals surface area (Å²) in [6.45, 7) is 0. The molecule has 0 radical (unpaired) electrons. The fourth-order valence-electron chi connectivity index (χ4n) is 2.50. The van der Waals surface area contributed by atoms with E-state index < -0.39 is 30.0 Å². The monoisotopic (exact) mass is 287 g/mol. The highest BCUT2D eigenvalue weighted by molar-refractivity contribution is 8.13. The molecule has 2 heterocycles. The molecule has 2 aliphatic rings. The molecule has 3 rings (SSSR count). The number of alkyl halides is 1. The first kappa shape index (κ1) is 12.8. The number of nitrogens with zero attached hydrogens (tertiary/aromatic N) is 2. The van der Waals surface area contributed by atoms with Gasteiger partial charge in [0.25, 0.3) is 0 Å². The van der Waals surface area contributed by atoms with E-state index in [1.165, 1.54) is 11.8 Å². The molecule has 19 heavy (non-hydrogen) atoms. The van der Waals surface area contributed by atoms with Crippen molar-refractivity contribution in [1.82, 2.24) is 10.4 Å². The number of nitrogens with one attached hydrogen (secondary N) is 1. The topological polar surface area (TPSA) is 27.6 Å². The van der Waals surface area contributed by atoms with Gasteiger partial charge in [0.15, 0.2) is 11.3 Å². The van der Waals surface area contributed by atoms with Crippen LogP contribution in [0.5, 0.6) is 0 Å².